The van der Waals surface area contributed by atoms with Gasteiger partial charge in [-0.05, 0) is 10.8 Å². The maximum Gasteiger partial charge on any atom is 0 e. The van der Waals surface area contributed by atoms with Gasteiger partial charge in [-0.25, -0.2) is 0 Å². The molecule has 1 aliphatic heterocycles. The summed E-state index contributed by atoms with van der Waals surface area (Å²) >= 11 is 2.22. The Balaban J connectivity index is -0.000000162. The number of rotatable bonds is 0. The summed E-state index contributed by atoms with van der Waals surface area (Å²) < 4.78 is 22.5. The Hall–Kier alpha value is 1.12. The summed E-state index contributed by atoms with van der Waals surface area (Å²) in [5.74, 6) is 0. The van der Waals surface area contributed by atoms with E-state index in [0.29, 0.717) is 10.8 Å². The molecule has 1 saturated heterocycles. The van der Waals surface area contributed by atoms with Crippen molar-refractivity contribution in [1.82, 2.24) is 0 Å². The molecule has 1 aliphatic rings. The third-order valence-corrected chi connectivity index (χ3v) is 11.7. The maximum absolute atomic E-state index is 7.50. The Labute approximate surface area is 145 Å². The summed E-state index contributed by atoms with van der Waals surface area (Å²) in [6, 6.07) is 0. The van der Waals surface area contributed by atoms with E-state index in [9.17, 15) is 0 Å². The van der Waals surface area contributed by atoms with Gasteiger partial charge >= 0.3 is 33.9 Å². The Bertz CT molecular complexity index is 258. The maximum atomic E-state index is 7.50. The minimum atomic E-state index is 0. The van der Waals surface area contributed by atoms with Gasteiger partial charge in [-0.3, -0.25) is 0 Å². The molecule has 3 nitrogen and oxygen atoms in total. The summed E-state index contributed by atoms with van der Waals surface area (Å²) in [7, 11) is 2.30. The van der Waals surface area contributed by atoms with Crippen molar-refractivity contribution >= 4 is 27.7 Å². The molecular weight excluding hydrogens is 394 g/mol. The first kappa shape index (κ1) is 29.2. The fourth-order valence-corrected chi connectivity index (χ4v) is 10.7. The summed E-state index contributed by atoms with van der Waals surface area (Å²) in [6.45, 7) is 27.8. The molecule has 0 aromatic rings. The van der Waals surface area contributed by atoms with Crippen molar-refractivity contribution in [3.63, 3.8) is 0 Å². The van der Waals surface area contributed by atoms with Crippen molar-refractivity contribution in [2.24, 2.45) is 10.8 Å². The molecule has 20 heavy (non-hydrogen) atoms. The van der Waals surface area contributed by atoms with Crippen molar-refractivity contribution in [2.75, 3.05) is 0 Å². The fraction of sp³-hybridized carbons (Fsp3) is 0.769. The molecular formula is C13H22MoO3P2S. The monoisotopic (exact) mass is 418 g/mol. The summed E-state index contributed by atoms with van der Waals surface area (Å²) in [6.07, 6.45) is 0. The Morgan fingerprint density at radius 1 is 0.800 bits per heavy atom. The summed E-state index contributed by atoms with van der Waals surface area (Å²) in [5, 5.41) is 0.974. The number of hydrogen-bond acceptors (Lipinski definition) is 1. The Kier molecular flexibility index (Phi) is 21.9. The van der Waals surface area contributed by atoms with E-state index in [1.54, 1.807) is 0 Å². The second kappa shape index (κ2) is 15.0. The average molecular weight is 416 g/mol. The minimum absolute atomic E-state index is 0. The molecule has 0 amide bonds. The van der Waals surface area contributed by atoms with Crippen molar-refractivity contribution in [3.05, 3.63) is 20.0 Å². The van der Waals surface area contributed by atoms with Crippen LogP contribution in [0.15, 0.2) is 0 Å². The van der Waals surface area contributed by atoms with E-state index in [-0.39, 0.29) is 21.1 Å². The van der Waals surface area contributed by atoms with Gasteiger partial charge in [0, 0.05) is 31.5 Å². The predicted octanol–water partition coefficient (Wildman–Crippen LogP) is 4.63. The van der Waals surface area contributed by atoms with Gasteiger partial charge in [0.05, 0.1) is 0 Å². The zero-order chi connectivity index (χ0) is 16.3. The molecule has 0 aromatic carbocycles. The standard InChI is InChI=1S/C10H22P2S.3CO.Mo/c1-9(2,3)7-11-8(13-12-7)10(4,5)6;3*1-2;/h7-8,11-12H,1-6H3;;;;. The molecule has 0 aromatic heterocycles. The van der Waals surface area contributed by atoms with E-state index in [4.69, 9.17) is 14.0 Å². The third-order valence-electron chi connectivity index (χ3n) is 2.27. The van der Waals surface area contributed by atoms with Crippen LogP contribution in [0.25, 0.3) is 0 Å². The van der Waals surface area contributed by atoms with Crippen LogP contribution in [0.2, 0.25) is 0 Å². The van der Waals surface area contributed by atoms with Crippen LogP contribution in [0.1, 0.15) is 41.5 Å². The van der Waals surface area contributed by atoms with Crippen LogP contribution in [-0.4, -0.2) is 10.4 Å². The second-order valence-corrected chi connectivity index (χ2v) is 11.4. The van der Waals surface area contributed by atoms with Gasteiger partial charge < -0.3 is 0 Å². The van der Waals surface area contributed by atoms with E-state index in [2.05, 4.69) is 72.9 Å². The van der Waals surface area contributed by atoms with Gasteiger partial charge in [0.25, 0.3) is 0 Å². The molecule has 0 spiro atoms. The van der Waals surface area contributed by atoms with E-state index in [1.165, 1.54) is 8.58 Å². The molecule has 0 radical (unpaired) electrons. The summed E-state index contributed by atoms with van der Waals surface area (Å²) in [5.41, 5.74) is 1.04. The predicted molar refractivity (Wildman–Crippen MR) is 82.5 cm³/mol. The fourth-order valence-electron chi connectivity index (χ4n) is 1.21. The third kappa shape index (κ3) is 12.8. The van der Waals surface area contributed by atoms with Crippen LogP contribution in [0, 0.1) is 30.8 Å². The molecule has 0 aliphatic carbocycles. The summed E-state index contributed by atoms with van der Waals surface area (Å²) in [4.78, 5) is 0.912. The normalized spacial score (nSPS) is 22.8. The zero-order valence-corrected chi connectivity index (χ0v) is 17.5. The van der Waals surface area contributed by atoms with Gasteiger partial charge in [-0.1, -0.05) is 57.9 Å². The molecule has 1 heterocycles. The van der Waals surface area contributed by atoms with Crippen LogP contribution >= 0.6 is 27.7 Å². The molecule has 4 unspecified atom stereocenters. The molecule has 1 rings (SSSR count). The van der Waals surface area contributed by atoms with Gasteiger partial charge in [-0.2, -0.15) is 0 Å². The van der Waals surface area contributed by atoms with Gasteiger partial charge in [0.1, 0.15) is 0 Å². The number of hydrogen-bond donors (Lipinski definition) is 0. The first-order chi connectivity index (χ1) is 8.71. The van der Waals surface area contributed by atoms with Gasteiger partial charge in [0.2, 0.25) is 0 Å². The smallest absolute Gasteiger partial charge is 0 e. The molecule has 0 saturated carbocycles. The van der Waals surface area contributed by atoms with Crippen LogP contribution in [-0.2, 0) is 35.0 Å². The molecule has 1 fully saturated rings. The van der Waals surface area contributed by atoms with Crippen molar-refractivity contribution < 1.29 is 35.0 Å². The SMILES string of the molecule is CC(C)(C)C1PSC(C(C)(C)C)P1.[C-]#[O+].[C-]#[O+].[C-]#[O+].[Mo]. The first-order valence-corrected chi connectivity index (χ1v) is 9.33. The molecule has 0 bridgehead atoms. The minimum Gasteiger partial charge on any atom is 0 e. The van der Waals surface area contributed by atoms with E-state index in [1.807, 2.05) is 0 Å². The molecule has 114 valence electrons. The van der Waals surface area contributed by atoms with Gasteiger partial charge in [0.15, 0.2) is 0 Å². The Morgan fingerprint density at radius 2 is 1.15 bits per heavy atom. The first-order valence-electron chi connectivity index (χ1n) is 5.50. The molecule has 4 atom stereocenters. The van der Waals surface area contributed by atoms with Crippen molar-refractivity contribution in [3.8, 4) is 0 Å². The molecule has 7 heteroatoms. The topological polar surface area (TPSA) is 59.7 Å². The zero-order valence-electron chi connectivity index (χ0n) is 12.7. The Morgan fingerprint density at radius 3 is 1.30 bits per heavy atom. The van der Waals surface area contributed by atoms with Crippen LogP contribution < -0.4 is 0 Å². The molecule has 0 N–H and O–H groups in total. The average Bonchev–Trinajstić information content (AvgIpc) is 2.86. The quantitative estimate of drug-likeness (QED) is 0.246. The second-order valence-electron chi connectivity index (χ2n) is 5.95. The van der Waals surface area contributed by atoms with E-state index in [0.717, 1.165) is 18.2 Å². The van der Waals surface area contributed by atoms with Crippen molar-refractivity contribution in [1.29, 1.82) is 0 Å². The largest absolute Gasteiger partial charge is 0 e. The van der Waals surface area contributed by atoms with Gasteiger partial charge in [-0.15, -0.1) is 11.4 Å². The van der Waals surface area contributed by atoms with Crippen LogP contribution in [0.3, 0.4) is 0 Å². The van der Waals surface area contributed by atoms with Crippen molar-refractivity contribution in [2.45, 2.75) is 51.9 Å². The van der Waals surface area contributed by atoms with Crippen LogP contribution in [0.4, 0.5) is 0 Å². The van der Waals surface area contributed by atoms with Crippen LogP contribution in [0.5, 0.6) is 0 Å². The van der Waals surface area contributed by atoms with E-state index < -0.39 is 0 Å². The van der Waals surface area contributed by atoms with E-state index >= 15 is 0 Å².